The summed E-state index contributed by atoms with van der Waals surface area (Å²) in [4.78, 5) is 0. The van der Waals surface area contributed by atoms with E-state index in [4.69, 9.17) is 10.2 Å². The highest BCUT2D eigenvalue weighted by atomic mass is 32.2. The molecule has 0 fully saturated rings. The van der Waals surface area contributed by atoms with Crippen LogP contribution in [-0.2, 0) is 12.3 Å². The van der Waals surface area contributed by atoms with Crippen LogP contribution in [0.15, 0.2) is 4.42 Å². The van der Waals surface area contributed by atoms with Crippen molar-refractivity contribution in [2.45, 2.75) is 12.3 Å². The van der Waals surface area contributed by atoms with Gasteiger partial charge in [0.2, 0.25) is 11.8 Å². The molecule has 0 aromatic carbocycles. The van der Waals surface area contributed by atoms with Crippen LogP contribution in [0.2, 0.25) is 0 Å². The summed E-state index contributed by atoms with van der Waals surface area (Å²) in [7, 11) is 0. The standard InChI is InChI=1S/C5H9N3OS/c1-10-3-5-8-7-4(2-6)9-5/h2-3,6H2,1H3. The SMILES string of the molecule is CSCc1nnc(CN)o1. The summed E-state index contributed by atoms with van der Waals surface area (Å²) in [5, 5.41) is 7.46. The molecule has 1 rings (SSSR count). The van der Waals surface area contributed by atoms with Gasteiger partial charge in [0.15, 0.2) is 0 Å². The second kappa shape index (κ2) is 3.58. The van der Waals surface area contributed by atoms with E-state index in [9.17, 15) is 0 Å². The highest BCUT2D eigenvalue weighted by Crippen LogP contribution is 2.06. The van der Waals surface area contributed by atoms with E-state index in [0.29, 0.717) is 18.3 Å². The molecule has 0 amide bonds. The molecule has 0 atom stereocenters. The van der Waals surface area contributed by atoms with Gasteiger partial charge in [-0.25, -0.2) is 0 Å². The maximum atomic E-state index is 5.26. The Bertz CT molecular complexity index is 201. The van der Waals surface area contributed by atoms with Crippen LogP contribution in [0, 0.1) is 0 Å². The summed E-state index contributed by atoms with van der Waals surface area (Å²) in [6, 6.07) is 0. The fraction of sp³-hybridized carbons (Fsp3) is 0.600. The van der Waals surface area contributed by atoms with Crippen molar-refractivity contribution in [3.63, 3.8) is 0 Å². The molecule has 10 heavy (non-hydrogen) atoms. The molecule has 56 valence electrons. The molecule has 0 aliphatic heterocycles. The number of nitrogens with two attached hydrogens (primary N) is 1. The number of rotatable bonds is 3. The van der Waals surface area contributed by atoms with Gasteiger partial charge >= 0.3 is 0 Å². The third-order valence-corrected chi connectivity index (χ3v) is 1.49. The molecular formula is C5H9N3OS. The molecule has 2 N–H and O–H groups in total. The summed E-state index contributed by atoms with van der Waals surface area (Å²) in [6.07, 6.45) is 1.98. The Balaban J connectivity index is 2.59. The lowest BCUT2D eigenvalue weighted by molar-refractivity contribution is 0.467. The third-order valence-electron chi connectivity index (χ3n) is 0.951. The topological polar surface area (TPSA) is 64.9 Å². The first-order chi connectivity index (χ1) is 4.86. The van der Waals surface area contributed by atoms with E-state index >= 15 is 0 Å². The van der Waals surface area contributed by atoms with Crippen molar-refractivity contribution in [3.8, 4) is 0 Å². The van der Waals surface area contributed by atoms with Gasteiger partial charge in [-0.05, 0) is 6.26 Å². The minimum Gasteiger partial charge on any atom is -0.423 e. The van der Waals surface area contributed by atoms with Crippen LogP contribution in [-0.4, -0.2) is 16.5 Å². The number of nitrogens with zero attached hydrogens (tertiary/aromatic N) is 2. The van der Waals surface area contributed by atoms with Gasteiger partial charge in [0.05, 0.1) is 12.3 Å². The molecule has 0 aliphatic carbocycles. The Morgan fingerprint density at radius 1 is 1.50 bits per heavy atom. The van der Waals surface area contributed by atoms with Gasteiger partial charge in [0.25, 0.3) is 0 Å². The molecule has 0 unspecified atom stereocenters. The summed E-state index contributed by atoms with van der Waals surface area (Å²) < 4.78 is 5.11. The molecule has 0 radical (unpaired) electrons. The molecule has 4 nitrogen and oxygen atoms in total. The molecular weight excluding hydrogens is 150 g/mol. The van der Waals surface area contributed by atoms with Gasteiger partial charge in [0, 0.05) is 0 Å². The van der Waals surface area contributed by atoms with Crippen molar-refractivity contribution in [2.75, 3.05) is 6.26 Å². The number of thioether (sulfide) groups is 1. The molecule has 1 heterocycles. The Morgan fingerprint density at radius 3 is 2.70 bits per heavy atom. The van der Waals surface area contributed by atoms with Crippen molar-refractivity contribution in [1.29, 1.82) is 0 Å². The maximum Gasteiger partial charge on any atom is 0.230 e. The third kappa shape index (κ3) is 1.71. The molecule has 1 aromatic heterocycles. The minimum absolute atomic E-state index is 0.321. The lowest BCUT2D eigenvalue weighted by Crippen LogP contribution is -1.95. The lowest BCUT2D eigenvalue weighted by atomic mass is 10.7. The fourth-order valence-corrected chi connectivity index (χ4v) is 0.916. The minimum atomic E-state index is 0.321. The Morgan fingerprint density at radius 2 is 2.20 bits per heavy atom. The predicted molar refractivity (Wildman–Crippen MR) is 39.4 cm³/mol. The van der Waals surface area contributed by atoms with Gasteiger partial charge in [-0.1, -0.05) is 0 Å². The van der Waals surface area contributed by atoms with E-state index in [2.05, 4.69) is 10.2 Å². The van der Waals surface area contributed by atoms with E-state index in [1.165, 1.54) is 0 Å². The first-order valence-corrected chi connectivity index (χ1v) is 4.26. The van der Waals surface area contributed by atoms with Crippen LogP contribution in [0.25, 0.3) is 0 Å². The zero-order valence-electron chi connectivity index (χ0n) is 5.70. The molecule has 5 heteroatoms. The van der Waals surface area contributed by atoms with E-state index in [1.54, 1.807) is 11.8 Å². The van der Waals surface area contributed by atoms with E-state index in [-0.39, 0.29) is 0 Å². The van der Waals surface area contributed by atoms with Crippen LogP contribution in [0.4, 0.5) is 0 Å². The first kappa shape index (κ1) is 7.56. The molecule has 0 aliphatic rings. The van der Waals surface area contributed by atoms with Crippen molar-refractivity contribution in [3.05, 3.63) is 11.8 Å². The van der Waals surface area contributed by atoms with Gasteiger partial charge in [0.1, 0.15) is 0 Å². The summed E-state index contributed by atoms with van der Waals surface area (Å²) in [6.45, 7) is 0.321. The molecule has 0 spiro atoms. The quantitative estimate of drug-likeness (QED) is 0.691. The molecule has 1 aromatic rings. The van der Waals surface area contributed by atoms with Crippen LogP contribution in [0.1, 0.15) is 11.8 Å². The van der Waals surface area contributed by atoms with E-state index in [0.717, 1.165) is 5.75 Å². The van der Waals surface area contributed by atoms with Crippen molar-refractivity contribution >= 4 is 11.8 Å². The number of aromatic nitrogens is 2. The van der Waals surface area contributed by atoms with Gasteiger partial charge < -0.3 is 10.2 Å². The lowest BCUT2D eigenvalue weighted by Gasteiger charge is -1.85. The smallest absolute Gasteiger partial charge is 0.230 e. The summed E-state index contributed by atoms with van der Waals surface area (Å²) in [5.74, 6) is 1.91. The zero-order chi connectivity index (χ0) is 7.40. The average Bonchev–Trinajstić information content (AvgIpc) is 2.37. The van der Waals surface area contributed by atoms with Crippen LogP contribution in [0.5, 0.6) is 0 Å². The summed E-state index contributed by atoms with van der Waals surface area (Å²) >= 11 is 1.64. The second-order valence-electron chi connectivity index (χ2n) is 1.73. The largest absolute Gasteiger partial charge is 0.423 e. The van der Waals surface area contributed by atoms with Crippen molar-refractivity contribution in [2.24, 2.45) is 5.73 Å². The Labute approximate surface area is 63.2 Å². The Hall–Kier alpha value is -0.550. The van der Waals surface area contributed by atoms with E-state index in [1.807, 2.05) is 6.26 Å². The van der Waals surface area contributed by atoms with Gasteiger partial charge in [-0.15, -0.1) is 10.2 Å². The van der Waals surface area contributed by atoms with Crippen molar-refractivity contribution < 1.29 is 4.42 Å². The summed E-state index contributed by atoms with van der Waals surface area (Å²) in [5.41, 5.74) is 5.26. The highest BCUT2D eigenvalue weighted by Gasteiger charge is 2.01. The van der Waals surface area contributed by atoms with Crippen LogP contribution in [0.3, 0.4) is 0 Å². The highest BCUT2D eigenvalue weighted by molar-refractivity contribution is 7.97. The number of hydrogen-bond donors (Lipinski definition) is 1. The molecule has 0 saturated heterocycles. The zero-order valence-corrected chi connectivity index (χ0v) is 6.52. The fourth-order valence-electron chi connectivity index (χ4n) is 0.553. The molecule has 0 bridgehead atoms. The average molecular weight is 159 g/mol. The van der Waals surface area contributed by atoms with Gasteiger partial charge in [-0.3, -0.25) is 0 Å². The second-order valence-corrected chi connectivity index (χ2v) is 2.59. The molecule has 0 saturated carbocycles. The van der Waals surface area contributed by atoms with Gasteiger partial charge in [-0.2, -0.15) is 11.8 Å². The normalized spacial score (nSPS) is 10.2. The maximum absolute atomic E-state index is 5.26. The number of hydrogen-bond acceptors (Lipinski definition) is 5. The Kier molecular flexibility index (Phi) is 2.70. The van der Waals surface area contributed by atoms with Crippen LogP contribution >= 0.6 is 11.8 Å². The van der Waals surface area contributed by atoms with E-state index < -0.39 is 0 Å². The van der Waals surface area contributed by atoms with Crippen LogP contribution < -0.4 is 5.73 Å². The monoisotopic (exact) mass is 159 g/mol. The van der Waals surface area contributed by atoms with Crippen molar-refractivity contribution in [1.82, 2.24) is 10.2 Å². The predicted octanol–water partition coefficient (Wildman–Crippen LogP) is 0.391. The first-order valence-electron chi connectivity index (χ1n) is 2.87.